The zero-order valence-electron chi connectivity index (χ0n) is 11.9. The number of hydrogen-bond acceptors (Lipinski definition) is 4. The minimum atomic E-state index is -0.558. The number of rotatable bonds is 4. The number of hydrogen-bond donors (Lipinski definition) is 3. The molecular formula is C14H28N2O2. The molecule has 0 bridgehead atoms. The number of likely N-dealkylation sites (tertiary alicyclic amines) is 1. The summed E-state index contributed by atoms with van der Waals surface area (Å²) in [7, 11) is 0. The lowest BCUT2D eigenvalue weighted by molar-refractivity contribution is 0.0572. The minimum Gasteiger partial charge on any atom is -0.389 e. The maximum atomic E-state index is 9.61. The van der Waals surface area contributed by atoms with Crippen molar-refractivity contribution in [3.63, 3.8) is 0 Å². The molecule has 0 radical (unpaired) electrons. The normalized spacial score (nSPS) is 40.5. The molecular weight excluding hydrogens is 228 g/mol. The summed E-state index contributed by atoms with van der Waals surface area (Å²) in [6.45, 7) is 10.1. The van der Waals surface area contributed by atoms with Crippen LogP contribution in [-0.4, -0.2) is 59.5 Å². The molecule has 3 N–H and O–H groups in total. The first-order chi connectivity index (χ1) is 8.44. The highest BCUT2D eigenvalue weighted by Gasteiger charge is 2.43. The van der Waals surface area contributed by atoms with Crippen LogP contribution < -0.4 is 5.32 Å². The van der Waals surface area contributed by atoms with Crippen molar-refractivity contribution in [1.82, 2.24) is 10.2 Å². The zero-order chi connectivity index (χ0) is 13.3. The molecule has 2 rings (SSSR count). The van der Waals surface area contributed by atoms with Crippen molar-refractivity contribution < 1.29 is 10.2 Å². The standard InChI is InChI=1S/C14H28N2O2/c1-4-15-13-10(5-6-14(13,2)3)7-16-8-11(17)12(18)9-16/h10-13,15,17-18H,4-9H2,1-3H3. The van der Waals surface area contributed by atoms with Crippen LogP contribution >= 0.6 is 0 Å². The molecule has 4 atom stereocenters. The Morgan fingerprint density at radius 3 is 2.39 bits per heavy atom. The molecule has 4 nitrogen and oxygen atoms in total. The molecule has 2 fully saturated rings. The van der Waals surface area contributed by atoms with E-state index in [0.717, 1.165) is 13.1 Å². The van der Waals surface area contributed by atoms with Crippen LogP contribution in [0.3, 0.4) is 0 Å². The summed E-state index contributed by atoms with van der Waals surface area (Å²) >= 11 is 0. The minimum absolute atomic E-state index is 0.359. The van der Waals surface area contributed by atoms with Crippen LogP contribution in [0.1, 0.15) is 33.6 Å². The highest BCUT2D eigenvalue weighted by Crippen LogP contribution is 2.41. The van der Waals surface area contributed by atoms with Gasteiger partial charge < -0.3 is 15.5 Å². The molecule has 1 aliphatic carbocycles. The van der Waals surface area contributed by atoms with Crippen molar-refractivity contribution in [3.05, 3.63) is 0 Å². The number of nitrogens with one attached hydrogen (secondary N) is 1. The summed E-state index contributed by atoms with van der Waals surface area (Å²) in [5.74, 6) is 0.637. The van der Waals surface area contributed by atoms with Gasteiger partial charge in [0.15, 0.2) is 0 Å². The van der Waals surface area contributed by atoms with Crippen molar-refractivity contribution in [1.29, 1.82) is 0 Å². The Hall–Kier alpha value is -0.160. The third-order valence-electron chi connectivity index (χ3n) is 4.72. The quantitative estimate of drug-likeness (QED) is 0.683. The second-order valence-electron chi connectivity index (χ2n) is 6.68. The van der Waals surface area contributed by atoms with Crippen LogP contribution in [0, 0.1) is 11.3 Å². The fraction of sp³-hybridized carbons (Fsp3) is 1.00. The monoisotopic (exact) mass is 256 g/mol. The van der Waals surface area contributed by atoms with E-state index in [2.05, 4.69) is 31.0 Å². The van der Waals surface area contributed by atoms with Gasteiger partial charge in [-0.2, -0.15) is 0 Å². The van der Waals surface area contributed by atoms with E-state index in [0.29, 0.717) is 30.5 Å². The summed E-state index contributed by atoms with van der Waals surface area (Å²) in [5, 5.41) is 22.8. The van der Waals surface area contributed by atoms with E-state index in [4.69, 9.17) is 0 Å². The van der Waals surface area contributed by atoms with Crippen LogP contribution in [0.5, 0.6) is 0 Å². The Kier molecular flexibility index (Phi) is 4.32. The van der Waals surface area contributed by atoms with Crippen LogP contribution in [0.15, 0.2) is 0 Å². The van der Waals surface area contributed by atoms with Gasteiger partial charge in [0.05, 0.1) is 12.2 Å². The lowest BCUT2D eigenvalue weighted by Crippen LogP contribution is -2.45. The summed E-state index contributed by atoms with van der Waals surface area (Å²) in [5.41, 5.74) is 0.359. The van der Waals surface area contributed by atoms with Crippen molar-refractivity contribution >= 4 is 0 Å². The maximum Gasteiger partial charge on any atom is 0.0938 e. The first-order valence-corrected chi connectivity index (χ1v) is 7.26. The molecule has 18 heavy (non-hydrogen) atoms. The van der Waals surface area contributed by atoms with Gasteiger partial charge in [0.2, 0.25) is 0 Å². The van der Waals surface area contributed by atoms with E-state index in [9.17, 15) is 10.2 Å². The Labute approximate surface area is 110 Å². The average Bonchev–Trinajstić information content (AvgIpc) is 2.73. The molecule has 1 saturated carbocycles. The van der Waals surface area contributed by atoms with Crippen molar-refractivity contribution in [2.75, 3.05) is 26.2 Å². The smallest absolute Gasteiger partial charge is 0.0938 e. The largest absolute Gasteiger partial charge is 0.389 e. The average molecular weight is 256 g/mol. The molecule has 1 heterocycles. The molecule has 4 unspecified atom stereocenters. The second kappa shape index (κ2) is 5.45. The van der Waals surface area contributed by atoms with E-state index in [1.807, 2.05) is 0 Å². The number of β-amino-alcohol motifs (C(OH)–C–C–N with tert-alkyl or cyclic N) is 2. The lowest BCUT2D eigenvalue weighted by Gasteiger charge is -2.33. The van der Waals surface area contributed by atoms with Crippen molar-refractivity contribution in [2.45, 2.75) is 51.9 Å². The molecule has 1 saturated heterocycles. The van der Waals surface area contributed by atoms with Crippen LogP contribution in [0.2, 0.25) is 0 Å². The first kappa shape index (κ1) is 14.3. The summed E-state index contributed by atoms with van der Waals surface area (Å²) in [4.78, 5) is 2.21. The molecule has 106 valence electrons. The fourth-order valence-electron chi connectivity index (χ4n) is 3.70. The first-order valence-electron chi connectivity index (χ1n) is 7.26. The summed E-state index contributed by atoms with van der Waals surface area (Å²) < 4.78 is 0. The van der Waals surface area contributed by atoms with Crippen molar-refractivity contribution in [2.24, 2.45) is 11.3 Å². The van der Waals surface area contributed by atoms with Gasteiger partial charge in [-0.1, -0.05) is 20.8 Å². The third-order valence-corrected chi connectivity index (χ3v) is 4.72. The molecule has 1 aliphatic heterocycles. The summed E-state index contributed by atoms with van der Waals surface area (Å²) in [6, 6.07) is 0.553. The molecule has 0 aromatic rings. The second-order valence-corrected chi connectivity index (χ2v) is 6.68. The van der Waals surface area contributed by atoms with Gasteiger partial charge in [0, 0.05) is 25.7 Å². The Morgan fingerprint density at radius 2 is 1.83 bits per heavy atom. The SMILES string of the molecule is CCNC1C(CN2CC(O)C(O)C2)CCC1(C)C. The molecule has 4 heteroatoms. The topological polar surface area (TPSA) is 55.7 Å². The molecule has 0 aromatic carbocycles. The van der Waals surface area contributed by atoms with Crippen LogP contribution in [0.4, 0.5) is 0 Å². The Balaban J connectivity index is 1.93. The highest BCUT2D eigenvalue weighted by molar-refractivity contribution is 4.98. The summed E-state index contributed by atoms with van der Waals surface area (Å²) in [6.07, 6.45) is 1.38. The Bertz CT molecular complexity index is 273. The van der Waals surface area contributed by atoms with Gasteiger partial charge in [0.1, 0.15) is 0 Å². The van der Waals surface area contributed by atoms with E-state index < -0.39 is 12.2 Å². The third kappa shape index (κ3) is 2.87. The number of aliphatic hydroxyl groups excluding tert-OH is 2. The van der Waals surface area contributed by atoms with E-state index in [1.165, 1.54) is 12.8 Å². The Morgan fingerprint density at radius 1 is 1.22 bits per heavy atom. The van der Waals surface area contributed by atoms with Crippen molar-refractivity contribution in [3.8, 4) is 0 Å². The maximum absolute atomic E-state index is 9.61. The van der Waals surface area contributed by atoms with Gasteiger partial charge in [-0.25, -0.2) is 0 Å². The van der Waals surface area contributed by atoms with Gasteiger partial charge in [-0.3, -0.25) is 4.90 Å². The molecule has 0 aromatic heterocycles. The van der Waals surface area contributed by atoms with Gasteiger partial charge >= 0.3 is 0 Å². The predicted octanol–water partition coefficient (Wildman–Crippen LogP) is 0.438. The van der Waals surface area contributed by atoms with Gasteiger partial charge in [-0.15, -0.1) is 0 Å². The molecule has 2 aliphatic rings. The lowest BCUT2D eigenvalue weighted by atomic mass is 9.84. The van der Waals surface area contributed by atoms with Crippen LogP contribution in [-0.2, 0) is 0 Å². The van der Waals surface area contributed by atoms with E-state index in [-0.39, 0.29) is 0 Å². The fourth-order valence-corrected chi connectivity index (χ4v) is 3.70. The molecule has 0 spiro atoms. The number of nitrogens with zero attached hydrogens (tertiary/aromatic N) is 1. The number of aliphatic hydroxyl groups is 2. The van der Waals surface area contributed by atoms with Gasteiger partial charge in [-0.05, 0) is 30.7 Å². The van der Waals surface area contributed by atoms with Crippen LogP contribution in [0.25, 0.3) is 0 Å². The van der Waals surface area contributed by atoms with Gasteiger partial charge in [0.25, 0.3) is 0 Å². The molecule has 0 amide bonds. The van der Waals surface area contributed by atoms with E-state index in [1.54, 1.807) is 0 Å². The predicted molar refractivity (Wildman–Crippen MR) is 72.4 cm³/mol. The van der Waals surface area contributed by atoms with E-state index >= 15 is 0 Å². The highest BCUT2D eigenvalue weighted by atomic mass is 16.3. The zero-order valence-corrected chi connectivity index (χ0v) is 11.9.